The molecule has 0 bridgehead atoms. The topological polar surface area (TPSA) is 50.1 Å². The highest BCUT2D eigenvalue weighted by atomic mass is 35.5. The Bertz CT molecular complexity index is 692. The molecule has 2 aromatic rings. The molecule has 106 valence electrons. The van der Waals surface area contributed by atoms with E-state index in [1.54, 1.807) is 37.3 Å². The number of esters is 1. The lowest BCUT2D eigenvalue weighted by Gasteiger charge is -2.09. The summed E-state index contributed by atoms with van der Waals surface area (Å²) < 4.78 is 5.04. The zero-order valence-electron chi connectivity index (χ0n) is 11.3. The fraction of sp³-hybridized carbons (Fsp3) is 0.125. The Morgan fingerprint density at radius 1 is 1.29 bits per heavy atom. The second-order valence-electron chi connectivity index (χ2n) is 4.10. The van der Waals surface area contributed by atoms with Gasteiger partial charge in [0, 0.05) is 14.8 Å². The molecule has 3 nitrogen and oxygen atoms in total. The van der Waals surface area contributed by atoms with E-state index in [1.165, 1.54) is 11.8 Å². The molecule has 0 saturated carbocycles. The normalized spacial score (nSPS) is 9.95. The Morgan fingerprint density at radius 2 is 2.00 bits per heavy atom. The minimum Gasteiger partial charge on any atom is -0.462 e. The summed E-state index contributed by atoms with van der Waals surface area (Å²) in [7, 11) is 0. The highest BCUT2D eigenvalue weighted by Crippen LogP contribution is 2.32. The minimum atomic E-state index is -0.425. The van der Waals surface area contributed by atoms with Crippen molar-refractivity contribution in [2.75, 3.05) is 6.61 Å². The average molecular weight is 318 g/mol. The van der Waals surface area contributed by atoms with Gasteiger partial charge in [0.2, 0.25) is 0 Å². The van der Waals surface area contributed by atoms with Gasteiger partial charge in [0.15, 0.2) is 0 Å². The maximum absolute atomic E-state index is 12.0. The number of nitriles is 1. The van der Waals surface area contributed by atoms with Crippen LogP contribution in [0.3, 0.4) is 0 Å². The third kappa shape index (κ3) is 4.01. The van der Waals surface area contributed by atoms with Gasteiger partial charge < -0.3 is 4.74 Å². The van der Waals surface area contributed by atoms with Crippen LogP contribution in [0.2, 0.25) is 5.02 Å². The molecule has 0 aliphatic carbocycles. The summed E-state index contributed by atoms with van der Waals surface area (Å²) in [5.41, 5.74) is 0.828. The number of nitrogens with zero attached hydrogens (tertiary/aromatic N) is 1. The number of carbonyl (C=O) groups excluding carboxylic acids is 1. The Kier molecular flexibility index (Phi) is 5.26. The van der Waals surface area contributed by atoms with Crippen LogP contribution in [0.1, 0.15) is 22.8 Å². The molecule has 0 heterocycles. The van der Waals surface area contributed by atoms with Crippen LogP contribution in [0.4, 0.5) is 0 Å². The number of hydrogen-bond acceptors (Lipinski definition) is 4. The van der Waals surface area contributed by atoms with Crippen molar-refractivity contribution in [3.63, 3.8) is 0 Å². The lowest BCUT2D eigenvalue weighted by Crippen LogP contribution is -2.06. The lowest BCUT2D eigenvalue weighted by atomic mass is 10.1. The molecule has 0 unspecified atom stereocenters. The summed E-state index contributed by atoms with van der Waals surface area (Å²) in [5, 5.41) is 9.62. The molecule has 21 heavy (non-hydrogen) atoms. The molecule has 0 fully saturated rings. The molecule has 0 aliphatic heterocycles. The van der Waals surface area contributed by atoms with Crippen molar-refractivity contribution in [1.29, 1.82) is 5.26 Å². The van der Waals surface area contributed by atoms with Crippen LogP contribution in [0.5, 0.6) is 0 Å². The van der Waals surface area contributed by atoms with Gasteiger partial charge in [-0.2, -0.15) is 5.26 Å². The summed E-state index contributed by atoms with van der Waals surface area (Å²) in [5.74, 6) is -0.425. The van der Waals surface area contributed by atoms with E-state index in [9.17, 15) is 4.79 Å². The monoisotopic (exact) mass is 317 g/mol. The maximum atomic E-state index is 12.0. The fourth-order valence-corrected chi connectivity index (χ4v) is 2.73. The number of carbonyl (C=O) groups is 1. The molecule has 5 heteroatoms. The summed E-state index contributed by atoms with van der Waals surface area (Å²) in [4.78, 5) is 13.7. The summed E-state index contributed by atoms with van der Waals surface area (Å²) in [6, 6.07) is 14.3. The van der Waals surface area contributed by atoms with Gasteiger partial charge in [0.05, 0.1) is 23.8 Å². The molecule has 0 saturated heterocycles. The molecule has 0 radical (unpaired) electrons. The second-order valence-corrected chi connectivity index (χ2v) is 5.65. The Hall–Kier alpha value is -1.96. The van der Waals surface area contributed by atoms with Gasteiger partial charge >= 0.3 is 5.97 Å². The predicted molar refractivity (Wildman–Crippen MR) is 82.7 cm³/mol. The van der Waals surface area contributed by atoms with E-state index in [0.717, 1.165) is 9.79 Å². The number of halogens is 1. The van der Waals surface area contributed by atoms with Crippen molar-refractivity contribution in [3.8, 4) is 6.07 Å². The number of hydrogen-bond donors (Lipinski definition) is 0. The van der Waals surface area contributed by atoms with Crippen molar-refractivity contribution < 1.29 is 9.53 Å². The van der Waals surface area contributed by atoms with Crippen molar-refractivity contribution in [3.05, 3.63) is 58.6 Å². The van der Waals surface area contributed by atoms with Gasteiger partial charge in [0.1, 0.15) is 0 Å². The molecule has 0 aliphatic rings. The van der Waals surface area contributed by atoms with Gasteiger partial charge in [-0.1, -0.05) is 23.4 Å². The molecular weight excluding hydrogens is 306 g/mol. The Balaban J connectivity index is 2.35. The number of rotatable bonds is 4. The SMILES string of the molecule is CCOC(=O)c1cc(C#N)ccc1Sc1ccc(Cl)cc1. The zero-order chi connectivity index (χ0) is 15.2. The van der Waals surface area contributed by atoms with E-state index < -0.39 is 5.97 Å². The first-order valence-corrected chi connectivity index (χ1v) is 7.48. The third-order valence-electron chi connectivity index (χ3n) is 2.65. The van der Waals surface area contributed by atoms with Gasteiger partial charge in [-0.25, -0.2) is 4.79 Å². The van der Waals surface area contributed by atoms with Crippen LogP contribution >= 0.6 is 23.4 Å². The van der Waals surface area contributed by atoms with Gasteiger partial charge in [-0.3, -0.25) is 0 Å². The van der Waals surface area contributed by atoms with E-state index >= 15 is 0 Å². The van der Waals surface area contributed by atoms with Crippen molar-refractivity contribution >= 4 is 29.3 Å². The highest BCUT2D eigenvalue weighted by Gasteiger charge is 2.14. The fourth-order valence-electron chi connectivity index (χ4n) is 1.69. The predicted octanol–water partition coefficient (Wildman–Crippen LogP) is 4.54. The van der Waals surface area contributed by atoms with Crippen LogP contribution in [0.25, 0.3) is 0 Å². The Morgan fingerprint density at radius 3 is 2.62 bits per heavy atom. The van der Waals surface area contributed by atoms with Gasteiger partial charge in [0.25, 0.3) is 0 Å². The smallest absolute Gasteiger partial charge is 0.339 e. The molecule has 0 spiro atoms. The highest BCUT2D eigenvalue weighted by molar-refractivity contribution is 7.99. The minimum absolute atomic E-state index is 0.292. The van der Waals surface area contributed by atoms with Crippen molar-refractivity contribution in [2.24, 2.45) is 0 Å². The van der Waals surface area contributed by atoms with E-state index in [-0.39, 0.29) is 0 Å². The Labute approximate surface area is 132 Å². The first-order chi connectivity index (χ1) is 10.1. The van der Waals surface area contributed by atoms with E-state index in [1.807, 2.05) is 18.2 Å². The van der Waals surface area contributed by atoms with E-state index in [4.69, 9.17) is 21.6 Å². The first kappa shape index (κ1) is 15.4. The molecule has 0 aromatic heterocycles. The summed E-state index contributed by atoms with van der Waals surface area (Å²) >= 11 is 7.29. The third-order valence-corrected chi connectivity index (χ3v) is 3.98. The van der Waals surface area contributed by atoms with Gasteiger partial charge in [-0.05, 0) is 49.4 Å². The summed E-state index contributed by atoms with van der Waals surface area (Å²) in [6.07, 6.45) is 0. The molecule has 2 rings (SSSR count). The van der Waals surface area contributed by atoms with Crippen LogP contribution in [-0.2, 0) is 4.74 Å². The lowest BCUT2D eigenvalue weighted by molar-refractivity contribution is 0.0522. The van der Waals surface area contributed by atoms with Crippen LogP contribution in [0, 0.1) is 11.3 Å². The van der Waals surface area contributed by atoms with Crippen molar-refractivity contribution in [2.45, 2.75) is 16.7 Å². The molecule has 0 N–H and O–H groups in total. The number of ether oxygens (including phenoxy) is 1. The standard InChI is InChI=1S/C16H12ClNO2S/c1-2-20-16(19)14-9-11(10-18)3-8-15(14)21-13-6-4-12(17)5-7-13/h3-9H,2H2,1H3. The number of benzene rings is 2. The largest absolute Gasteiger partial charge is 0.462 e. The summed E-state index contributed by atoms with van der Waals surface area (Å²) in [6.45, 7) is 2.04. The second kappa shape index (κ2) is 7.16. The van der Waals surface area contributed by atoms with Gasteiger partial charge in [-0.15, -0.1) is 0 Å². The molecular formula is C16H12ClNO2S. The quantitative estimate of drug-likeness (QED) is 0.777. The first-order valence-electron chi connectivity index (χ1n) is 6.28. The zero-order valence-corrected chi connectivity index (χ0v) is 12.9. The molecule has 0 atom stereocenters. The van der Waals surface area contributed by atoms with E-state index in [2.05, 4.69) is 0 Å². The van der Waals surface area contributed by atoms with Crippen LogP contribution in [-0.4, -0.2) is 12.6 Å². The van der Waals surface area contributed by atoms with Crippen LogP contribution in [0.15, 0.2) is 52.3 Å². The van der Waals surface area contributed by atoms with E-state index in [0.29, 0.717) is 22.8 Å². The van der Waals surface area contributed by atoms with Crippen molar-refractivity contribution in [1.82, 2.24) is 0 Å². The van der Waals surface area contributed by atoms with Crippen LogP contribution < -0.4 is 0 Å². The molecule has 0 amide bonds. The maximum Gasteiger partial charge on any atom is 0.339 e. The average Bonchev–Trinajstić information content (AvgIpc) is 2.50. The molecule has 2 aromatic carbocycles.